The fourth-order valence-corrected chi connectivity index (χ4v) is 1.62. The van der Waals surface area contributed by atoms with E-state index in [1.54, 1.807) is 4.68 Å². The van der Waals surface area contributed by atoms with Gasteiger partial charge in [-0.2, -0.15) is 5.10 Å². The molecule has 0 aliphatic rings. The monoisotopic (exact) mass is 216 g/mol. The first kappa shape index (κ1) is 10.7. The smallest absolute Gasteiger partial charge is 0.158 e. The molecule has 16 heavy (non-hydrogen) atoms. The Labute approximate surface area is 95.1 Å². The van der Waals surface area contributed by atoms with E-state index in [-0.39, 0.29) is 0 Å². The number of nitrogen functional groups attached to an aromatic ring is 1. The maximum atomic E-state index is 5.89. The predicted molar refractivity (Wildman–Crippen MR) is 65.0 cm³/mol. The summed E-state index contributed by atoms with van der Waals surface area (Å²) >= 11 is 0. The number of rotatable bonds is 2. The number of aryl methyl sites for hydroxylation is 3. The van der Waals surface area contributed by atoms with Crippen molar-refractivity contribution in [3.63, 3.8) is 0 Å². The van der Waals surface area contributed by atoms with Gasteiger partial charge < -0.3 is 5.73 Å². The highest BCUT2D eigenvalue weighted by Gasteiger charge is 2.08. The summed E-state index contributed by atoms with van der Waals surface area (Å²) in [4.78, 5) is 4.47. The van der Waals surface area contributed by atoms with Crippen LogP contribution in [0.4, 0.5) is 5.69 Å². The van der Waals surface area contributed by atoms with Gasteiger partial charge in [0.05, 0.1) is 0 Å². The van der Waals surface area contributed by atoms with Crippen molar-refractivity contribution in [3.05, 3.63) is 29.6 Å². The summed E-state index contributed by atoms with van der Waals surface area (Å²) in [5.41, 5.74) is 8.78. The van der Waals surface area contributed by atoms with Crippen molar-refractivity contribution in [1.29, 1.82) is 0 Å². The third-order valence-electron chi connectivity index (χ3n) is 2.66. The van der Waals surface area contributed by atoms with Crippen molar-refractivity contribution in [2.24, 2.45) is 7.05 Å². The van der Waals surface area contributed by atoms with Crippen molar-refractivity contribution in [3.8, 4) is 11.4 Å². The van der Waals surface area contributed by atoms with Crippen LogP contribution in [0.5, 0.6) is 0 Å². The van der Waals surface area contributed by atoms with E-state index in [0.29, 0.717) is 0 Å². The molecule has 2 N–H and O–H groups in total. The summed E-state index contributed by atoms with van der Waals surface area (Å²) < 4.78 is 1.79. The lowest BCUT2D eigenvalue weighted by molar-refractivity contribution is 0.753. The summed E-state index contributed by atoms with van der Waals surface area (Å²) in [7, 11) is 1.90. The lowest BCUT2D eigenvalue weighted by atomic mass is 10.1. The lowest BCUT2D eigenvalue weighted by Crippen LogP contribution is -1.96. The highest BCUT2D eigenvalue weighted by Crippen LogP contribution is 2.21. The highest BCUT2D eigenvalue weighted by molar-refractivity contribution is 5.63. The highest BCUT2D eigenvalue weighted by atomic mass is 15.3. The number of anilines is 1. The fourth-order valence-electron chi connectivity index (χ4n) is 1.62. The van der Waals surface area contributed by atoms with E-state index >= 15 is 0 Å². The Morgan fingerprint density at radius 2 is 2.12 bits per heavy atom. The average Bonchev–Trinajstić information content (AvgIpc) is 2.64. The maximum absolute atomic E-state index is 5.89. The molecule has 0 fully saturated rings. The first-order valence-electron chi connectivity index (χ1n) is 5.38. The Kier molecular flexibility index (Phi) is 2.64. The summed E-state index contributed by atoms with van der Waals surface area (Å²) in [5.74, 6) is 1.72. The second kappa shape index (κ2) is 3.96. The predicted octanol–water partition coefficient (Wildman–Crippen LogP) is 1.94. The number of aromatic nitrogens is 3. The van der Waals surface area contributed by atoms with Crippen LogP contribution in [0, 0.1) is 6.92 Å². The van der Waals surface area contributed by atoms with Crippen LogP contribution < -0.4 is 5.73 Å². The van der Waals surface area contributed by atoms with E-state index in [2.05, 4.69) is 10.1 Å². The van der Waals surface area contributed by atoms with Crippen LogP contribution in [0.15, 0.2) is 18.2 Å². The van der Waals surface area contributed by atoms with Crippen LogP contribution >= 0.6 is 0 Å². The Hall–Kier alpha value is -1.84. The van der Waals surface area contributed by atoms with E-state index in [1.165, 1.54) is 0 Å². The van der Waals surface area contributed by atoms with E-state index in [4.69, 9.17) is 5.73 Å². The topological polar surface area (TPSA) is 56.7 Å². The first-order chi connectivity index (χ1) is 7.61. The van der Waals surface area contributed by atoms with Gasteiger partial charge in [0, 0.05) is 24.7 Å². The molecule has 0 saturated carbocycles. The Morgan fingerprint density at radius 1 is 1.38 bits per heavy atom. The zero-order valence-electron chi connectivity index (χ0n) is 9.86. The second-order valence-electron chi connectivity index (χ2n) is 3.90. The van der Waals surface area contributed by atoms with E-state index in [0.717, 1.165) is 34.9 Å². The van der Waals surface area contributed by atoms with Crippen LogP contribution in [0.25, 0.3) is 11.4 Å². The molecule has 0 aliphatic heterocycles. The Balaban J connectivity index is 2.49. The SMILES string of the molecule is CCc1nc(-c2ccc(C)c(N)c2)n(C)n1. The van der Waals surface area contributed by atoms with Crippen molar-refractivity contribution < 1.29 is 0 Å². The molecular weight excluding hydrogens is 200 g/mol. The molecule has 0 amide bonds. The zero-order valence-corrected chi connectivity index (χ0v) is 9.86. The van der Waals surface area contributed by atoms with Gasteiger partial charge in [-0.3, -0.25) is 0 Å². The van der Waals surface area contributed by atoms with Crippen LogP contribution in [0.3, 0.4) is 0 Å². The fraction of sp³-hybridized carbons (Fsp3) is 0.333. The molecule has 2 aromatic rings. The van der Waals surface area contributed by atoms with E-state index in [1.807, 2.05) is 39.1 Å². The number of benzene rings is 1. The minimum atomic E-state index is 0.790. The third-order valence-corrected chi connectivity index (χ3v) is 2.66. The normalized spacial score (nSPS) is 10.7. The number of hydrogen-bond acceptors (Lipinski definition) is 3. The molecule has 0 atom stereocenters. The summed E-state index contributed by atoms with van der Waals surface area (Å²) in [5, 5.41) is 4.32. The molecule has 84 valence electrons. The zero-order chi connectivity index (χ0) is 11.7. The van der Waals surface area contributed by atoms with Gasteiger partial charge in [-0.05, 0) is 18.6 Å². The van der Waals surface area contributed by atoms with E-state index in [9.17, 15) is 0 Å². The molecular formula is C12H16N4. The van der Waals surface area contributed by atoms with Gasteiger partial charge in [-0.25, -0.2) is 9.67 Å². The maximum Gasteiger partial charge on any atom is 0.158 e. The van der Waals surface area contributed by atoms with Crippen molar-refractivity contribution in [1.82, 2.24) is 14.8 Å². The Morgan fingerprint density at radius 3 is 2.69 bits per heavy atom. The van der Waals surface area contributed by atoms with Crippen molar-refractivity contribution in [2.45, 2.75) is 20.3 Å². The second-order valence-corrected chi connectivity index (χ2v) is 3.90. The molecule has 0 unspecified atom stereocenters. The quantitative estimate of drug-likeness (QED) is 0.780. The molecule has 1 aromatic heterocycles. The van der Waals surface area contributed by atoms with E-state index < -0.39 is 0 Å². The average molecular weight is 216 g/mol. The molecule has 0 aliphatic carbocycles. The molecule has 0 spiro atoms. The van der Waals surface area contributed by atoms with Crippen LogP contribution in [-0.4, -0.2) is 14.8 Å². The van der Waals surface area contributed by atoms with Crippen LogP contribution in [0.2, 0.25) is 0 Å². The first-order valence-corrected chi connectivity index (χ1v) is 5.38. The minimum Gasteiger partial charge on any atom is -0.398 e. The van der Waals surface area contributed by atoms with Crippen LogP contribution in [0.1, 0.15) is 18.3 Å². The van der Waals surface area contributed by atoms with Crippen LogP contribution in [-0.2, 0) is 13.5 Å². The third kappa shape index (κ3) is 1.78. The molecule has 0 radical (unpaired) electrons. The van der Waals surface area contributed by atoms with Gasteiger partial charge in [0.25, 0.3) is 0 Å². The standard InChI is InChI=1S/C12H16N4/c1-4-11-14-12(16(3)15-11)9-6-5-8(2)10(13)7-9/h5-7H,4,13H2,1-3H3. The minimum absolute atomic E-state index is 0.790. The molecule has 0 bridgehead atoms. The molecule has 2 rings (SSSR count). The molecule has 0 saturated heterocycles. The molecule has 4 nitrogen and oxygen atoms in total. The lowest BCUT2D eigenvalue weighted by Gasteiger charge is -2.03. The Bertz CT molecular complexity index is 514. The summed E-state index contributed by atoms with van der Waals surface area (Å²) in [6.45, 7) is 4.04. The van der Waals surface area contributed by atoms with Gasteiger partial charge in [0.1, 0.15) is 0 Å². The van der Waals surface area contributed by atoms with Gasteiger partial charge in [-0.15, -0.1) is 0 Å². The van der Waals surface area contributed by atoms with Gasteiger partial charge in [0.15, 0.2) is 11.6 Å². The number of hydrogen-bond donors (Lipinski definition) is 1. The largest absolute Gasteiger partial charge is 0.398 e. The number of nitrogens with zero attached hydrogens (tertiary/aromatic N) is 3. The summed E-state index contributed by atoms with van der Waals surface area (Å²) in [6, 6.07) is 5.97. The number of nitrogens with two attached hydrogens (primary N) is 1. The van der Waals surface area contributed by atoms with Gasteiger partial charge in [-0.1, -0.05) is 19.1 Å². The van der Waals surface area contributed by atoms with Crippen molar-refractivity contribution >= 4 is 5.69 Å². The van der Waals surface area contributed by atoms with Gasteiger partial charge in [0.2, 0.25) is 0 Å². The molecule has 4 heteroatoms. The summed E-state index contributed by atoms with van der Waals surface area (Å²) in [6.07, 6.45) is 0.842. The molecule has 1 heterocycles. The molecule has 1 aromatic carbocycles. The van der Waals surface area contributed by atoms with Crippen molar-refractivity contribution in [2.75, 3.05) is 5.73 Å². The van der Waals surface area contributed by atoms with Gasteiger partial charge >= 0.3 is 0 Å².